The molecular weight excluding hydrogens is 298 g/mol. The standard InChI is InChI=1S/C13H14ClN3S2/c1-8(13-16-4-5-19-13)7-17-9-2-3-10(12(15)18)11(14)6-9/h2-6,8,17H,7H2,1H3,(H2,15,18). The second-order valence-electron chi connectivity index (χ2n) is 4.21. The lowest BCUT2D eigenvalue weighted by Crippen LogP contribution is -2.12. The van der Waals surface area contributed by atoms with E-state index in [1.165, 1.54) is 0 Å². The molecule has 0 fully saturated rings. The summed E-state index contributed by atoms with van der Waals surface area (Å²) in [6.45, 7) is 2.94. The van der Waals surface area contributed by atoms with Gasteiger partial charge in [0.2, 0.25) is 0 Å². The van der Waals surface area contributed by atoms with Gasteiger partial charge in [0.05, 0.1) is 10.0 Å². The van der Waals surface area contributed by atoms with Crippen LogP contribution in [0.15, 0.2) is 29.8 Å². The molecule has 1 heterocycles. The first-order valence-corrected chi connectivity index (χ1v) is 7.47. The molecule has 100 valence electrons. The molecule has 2 rings (SSSR count). The molecule has 0 radical (unpaired) electrons. The van der Waals surface area contributed by atoms with Gasteiger partial charge in [-0.2, -0.15) is 0 Å². The average Bonchev–Trinajstić information content (AvgIpc) is 2.89. The number of thiazole rings is 1. The fourth-order valence-corrected chi connectivity index (χ4v) is 2.88. The number of nitrogens with zero attached hydrogens (tertiary/aromatic N) is 1. The van der Waals surface area contributed by atoms with Gasteiger partial charge in [0.25, 0.3) is 0 Å². The van der Waals surface area contributed by atoms with Gasteiger partial charge >= 0.3 is 0 Å². The maximum atomic E-state index is 6.12. The van der Waals surface area contributed by atoms with Crippen LogP contribution in [-0.2, 0) is 0 Å². The fourth-order valence-electron chi connectivity index (χ4n) is 1.66. The number of hydrogen-bond donors (Lipinski definition) is 2. The van der Waals surface area contributed by atoms with Crippen molar-refractivity contribution < 1.29 is 0 Å². The summed E-state index contributed by atoms with van der Waals surface area (Å²) in [6.07, 6.45) is 1.82. The summed E-state index contributed by atoms with van der Waals surface area (Å²) in [5.74, 6) is 0.356. The molecule has 0 saturated carbocycles. The van der Waals surface area contributed by atoms with Crippen molar-refractivity contribution >= 4 is 45.8 Å². The highest BCUT2D eigenvalue weighted by Crippen LogP contribution is 2.23. The minimum Gasteiger partial charge on any atom is -0.389 e. The van der Waals surface area contributed by atoms with Crippen LogP contribution < -0.4 is 11.1 Å². The molecule has 0 aliphatic heterocycles. The Morgan fingerprint density at radius 1 is 1.58 bits per heavy atom. The Bertz CT molecular complexity index is 569. The van der Waals surface area contributed by atoms with Crippen molar-refractivity contribution in [2.24, 2.45) is 5.73 Å². The summed E-state index contributed by atoms with van der Waals surface area (Å²) >= 11 is 12.7. The quantitative estimate of drug-likeness (QED) is 0.828. The molecule has 0 spiro atoms. The second-order valence-corrected chi connectivity index (χ2v) is 5.98. The van der Waals surface area contributed by atoms with Crippen molar-refractivity contribution in [1.82, 2.24) is 4.98 Å². The third kappa shape index (κ3) is 3.65. The number of thiocarbonyl (C=S) groups is 1. The van der Waals surface area contributed by atoms with Gasteiger partial charge in [-0.25, -0.2) is 4.98 Å². The summed E-state index contributed by atoms with van der Waals surface area (Å²) in [5.41, 5.74) is 7.23. The van der Waals surface area contributed by atoms with Gasteiger partial charge < -0.3 is 11.1 Å². The van der Waals surface area contributed by atoms with Gasteiger partial charge in [-0.05, 0) is 18.2 Å². The maximum absolute atomic E-state index is 6.12. The number of hydrogen-bond acceptors (Lipinski definition) is 4. The van der Waals surface area contributed by atoms with Crippen LogP contribution in [0, 0.1) is 0 Å². The van der Waals surface area contributed by atoms with Crippen LogP contribution in [0.4, 0.5) is 5.69 Å². The smallest absolute Gasteiger partial charge is 0.105 e. The van der Waals surface area contributed by atoms with E-state index in [4.69, 9.17) is 29.6 Å². The van der Waals surface area contributed by atoms with E-state index in [9.17, 15) is 0 Å². The Labute approximate surface area is 126 Å². The number of aromatic nitrogens is 1. The van der Waals surface area contributed by atoms with Crippen molar-refractivity contribution in [3.8, 4) is 0 Å². The van der Waals surface area contributed by atoms with E-state index in [2.05, 4.69) is 17.2 Å². The van der Waals surface area contributed by atoms with E-state index in [1.54, 1.807) is 11.3 Å². The molecule has 6 heteroatoms. The van der Waals surface area contributed by atoms with E-state index < -0.39 is 0 Å². The van der Waals surface area contributed by atoms with Gasteiger partial charge in [-0.1, -0.05) is 30.7 Å². The average molecular weight is 312 g/mol. The van der Waals surface area contributed by atoms with Crippen molar-refractivity contribution in [3.63, 3.8) is 0 Å². The van der Waals surface area contributed by atoms with Gasteiger partial charge in [0.1, 0.15) is 4.99 Å². The molecule has 19 heavy (non-hydrogen) atoms. The fraction of sp³-hybridized carbons (Fsp3) is 0.231. The SMILES string of the molecule is CC(CNc1ccc(C(N)=S)c(Cl)c1)c1nccs1. The van der Waals surface area contributed by atoms with Crippen LogP contribution in [0.25, 0.3) is 0 Å². The molecule has 3 nitrogen and oxygen atoms in total. The van der Waals surface area contributed by atoms with Gasteiger partial charge in [0, 0.05) is 35.3 Å². The van der Waals surface area contributed by atoms with E-state index in [-0.39, 0.29) is 0 Å². The molecular formula is C13H14ClN3S2. The molecule has 1 atom stereocenters. The molecule has 3 N–H and O–H groups in total. The third-order valence-electron chi connectivity index (χ3n) is 2.72. The van der Waals surface area contributed by atoms with Crippen molar-refractivity contribution in [2.45, 2.75) is 12.8 Å². The topological polar surface area (TPSA) is 50.9 Å². The molecule has 1 aromatic heterocycles. The van der Waals surface area contributed by atoms with Crippen LogP contribution in [0.3, 0.4) is 0 Å². The number of anilines is 1. The van der Waals surface area contributed by atoms with E-state index in [1.807, 2.05) is 29.8 Å². The Balaban J connectivity index is 2.00. The Kier molecular flexibility index (Phi) is 4.74. The van der Waals surface area contributed by atoms with Gasteiger partial charge in [0.15, 0.2) is 0 Å². The highest BCUT2D eigenvalue weighted by atomic mass is 35.5. The van der Waals surface area contributed by atoms with Crippen LogP contribution in [0.1, 0.15) is 23.4 Å². The summed E-state index contributed by atoms with van der Waals surface area (Å²) in [4.78, 5) is 4.61. The van der Waals surface area contributed by atoms with Crippen LogP contribution >= 0.6 is 35.2 Å². The zero-order chi connectivity index (χ0) is 13.8. The van der Waals surface area contributed by atoms with E-state index in [0.29, 0.717) is 21.5 Å². The first kappa shape index (κ1) is 14.2. The zero-order valence-corrected chi connectivity index (χ0v) is 12.8. The van der Waals surface area contributed by atoms with E-state index >= 15 is 0 Å². The Morgan fingerprint density at radius 2 is 2.37 bits per heavy atom. The minimum atomic E-state index is 0.313. The highest BCUT2D eigenvalue weighted by molar-refractivity contribution is 7.80. The number of halogens is 1. The molecule has 1 aromatic carbocycles. The largest absolute Gasteiger partial charge is 0.389 e. The number of rotatable bonds is 5. The van der Waals surface area contributed by atoms with Crippen molar-refractivity contribution in [3.05, 3.63) is 45.4 Å². The normalized spacial score (nSPS) is 12.1. The summed E-state index contributed by atoms with van der Waals surface area (Å²) in [7, 11) is 0. The predicted molar refractivity (Wildman–Crippen MR) is 86.4 cm³/mol. The minimum absolute atomic E-state index is 0.313. The number of benzene rings is 1. The summed E-state index contributed by atoms with van der Waals surface area (Å²) in [5, 5.41) is 7.02. The van der Waals surface area contributed by atoms with Crippen LogP contribution in [0.2, 0.25) is 5.02 Å². The molecule has 0 aliphatic carbocycles. The number of nitrogens with one attached hydrogen (secondary N) is 1. The Morgan fingerprint density at radius 3 is 2.95 bits per heavy atom. The van der Waals surface area contributed by atoms with Crippen LogP contribution in [0.5, 0.6) is 0 Å². The third-order valence-corrected chi connectivity index (χ3v) is 4.26. The number of nitrogens with two attached hydrogens (primary N) is 1. The zero-order valence-electron chi connectivity index (χ0n) is 10.4. The molecule has 1 unspecified atom stereocenters. The lowest BCUT2D eigenvalue weighted by atomic mass is 10.1. The molecule has 0 amide bonds. The second kappa shape index (κ2) is 6.32. The lowest BCUT2D eigenvalue weighted by molar-refractivity contribution is 0.795. The Hall–Kier alpha value is -1.17. The summed E-state index contributed by atoms with van der Waals surface area (Å²) < 4.78 is 0. The van der Waals surface area contributed by atoms with Crippen LogP contribution in [-0.4, -0.2) is 16.5 Å². The van der Waals surface area contributed by atoms with Crippen molar-refractivity contribution in [1.29, 1.82) is 0 Å². The first-order valence-electron chi connectivity index (χ1n) is 5.80. The van der Waals surface area contributed by atoms with Gasteiger partial charge in [-0.15, -0.1) is 11.3 Å². The first-order chi connectivity index (χ1) is 9.08. The molecule has 0 bridgehead atoms. The molecule has 2 aromatic rings. The monoisotopic (exact) mass is 311 g/mol. The molecule has 0 aliphatic rings. The maximum Gasteiger partial charge on any atom is 0.105 e. The lowest BCUT2D eigenvalue weighted by Gasteiger charge is -2.12. The molecule has 0 saturated heterocycles. The van der Waals surface area contributed by atoms with E-state index in [0.717, 1.165) is 17.2 Å². The summed E-state index contributed by atoms with van der Waals surface area (Å²) in [6, 6.07) is 5.60. The van der Waals surface area contributed by atoms with Gasteiger partial charge in [-0.3, -0.25) is 0 Å². The predicted octanol–water partition coefficient (Wildman–Crippen LogP) is 3.65. The van der Waals surface area contributed by atoms with Crippen molar-refractivity contribution in [2.75, 3.05) is 11.9 Å². The highest BCUT2D eigenvalue weighted by Gasteiger charge is 2.09.